The van der Waals surface area contributed by atoms with Crippen LogP contribution < -0.4 is 14.4 Å². The van der Waals surface area contributed by atoms with Crippen molar-refractivity contribution in [1.82, 2.24) is 9.88 Å². The number of ether oxygens (including phenoxy) is 2. The Morgan fingerprint density at radius 1 is 0.939 bits per heavy atom. The van der Waals surface area contributed by atoms with Gasteiger partial charge in [-0.05, 0) is 48.9 Å². The maximum absolute atomic E-state index is 12.7. The van der Waals surface area contributed by atoms with Crippen LogP contribution in [0.2, 0.25) is 0 Å². The molecule has 7 heteroatoms. The van der Waals surface area contributed by atoms with Crippen LogP contribution in [0.25, 0.3) is 10.9 Å². The van der Waals surface area contributed by atoms with Crippen LogP contribution in [0, 0.1) is 6.92 Å². The van der Waals surface area contributed by atoms with Gasteiger partial charge in [0.2, 0.25) is 5.91 Å². The molecule has 0 N–H and O–H groups in total. The first-order chi connectivity index (χ1) is 16.0. The Hall–Kier alpha value is -3.61. The van der Waals surface area contributed by atoms with E-state index in [4.69, 9.17) is 14.5 Å². The summed E-state index contributed by atoms with van der Waals surface area (Å²) in [4.78, 5) is 34.0. The van der Waals surface area contributed by atoms with Gasteiger partial charge in [0.25, 0.3) is 0 Å². The average molecular weight is 448 g/mol. The van der Waals surface area contributed by atoms with E-state index in [1.807, 2.05) is 23.1 Å². The summed E-state index contributed by atoms with van der Waals surface area (Å²) in [5.41, 5.74) is 2.59. The molecule has 0 unspecified atom stereocenters. The second kappa shape index (κ2) is 9.90. The highest BCUT2D eigenvalue weighted by atomic mass is 16.5. The Kier molecular flexibility index (Phi) is 6.77. The van der Waals surface area contributed by atoms with Gasteiger partial charge in [-0.25, -0.2) is 4.98 Å². The van der Waals surface area contributed by atoms with Gasteiger partial charge < -0.3 is 19.3 Å². The molecule has 7 nitrogen and oxygen atoms in total. The maximum Gasteiger partial charge on any atom is 0.223 e. The van der Waals surface area contributed by atoms with Gasteiger partial charge in [-0.15, -0.1) is 0 Å². The van der Waals surface area contributed by atoms with E-state index in [1.54, 1.807) is 38.5 Å². The molecule has 0 atom stereocenters. The third-order valence-corrected chi connectivity index (χ3v) is 6.15. The normalized spacial score (nSPS) is 13.8. The van der Waals surface area contributed by atoms with Gasteiger partial charge in [0.05, 0.1) is 14.2 Å². The van der Waals surface area contributed by atoms with Crippen molar-refractivity contribution in [2.75, 3.05) is 45.3 Å². The number of aryl methyl sites for hydroxylation is 1. The van der Waals surface area contributed by atoms with Crippen molar-refractivity contribution in [2.45, 2.75) is 19.8 Å². The average Bonchev–Trinajstić information content (AvgIpc) is 2.86. The number of methoxy groups -OCH3 is 2. The number of benzene rings is 2. The molecule has 1 saturated heterocycles. The first-order valence-electron chi connectivity index (χ1n) is 11.1. The van der Waals surface area contributed by atoms with Gasteiger partial charge in [0, 0.05) is 50.0 Å². The van der Waals surface area contributed by atoms with Gasteiger partial charge in [-0.1, -0.05) is 12.1 Å². The monoisotopic (exact) mass is 447 g/mol. The molecule has 0 radical (unpaired) electrons. The molecular formula is C26H29N3O4. The van der Waals surface area contributed by atoms with E-state index in [2.05, 4.69) is 17.9 Å². The zero-order valence-corrected chi connectivity index (χ0v) is 19.3. The van der Waals surface area contributed by atoms with Gasteiger partial charge in [-0.3, -0.25) is 9.59 Å². The molecule has 2 aromatic carbocycles. The molecule has 172 valence electrons. The first-order valence-corrected chi connectivity index (χ1v) is 11.1. The highest BCUT2D eigenvalue weighted by molar-refractivity contribution is 5.98. The van der Waals surface area contributed by atoms with Crippen molar-refractivity contribution < 1.29 is 19.1 Å². The predicted octanol–water partition coefficient (Wildman–Crippen LogP) is 3.87. The Morgan fingerprint density at radius 3 is 2.33 bits per heavy atom. The fourth-order valence-electron chi connectivity index (χ4n) is 4.19. The van der Waals surface area contributed by atoms with E-state index < -0.39 is 0 Å². The van der Waals surface area contributed by atoms with Crippen LogP contribution >= 0.6 is 0 Å². The van der Waals surface area contributed by atoms with Crippen LogP contribution in [0.15, 0.2) is 48.5 Å². The van der Waals surface area contributed by atoms with Crippen molar-refractivity contribution in [1.29, 1.82) is 0 Å². The van der Waals surface area contributed by atoms with Gasteiger partial charge in [-0.2, -0.15) is 0 Å². The topological polar surface area (TPSA) is 72.0 Å². The van der Waals surface area contributed by atoms with Crippen LogP contribution in [0.3, 0.4) is 0 Å². The number of ketones is 1. The number of para-hydroxylation sites is 1. The smallest absolute Gasteiger partial charge is 0.223 e. The van der Waals surface area contributed by atoms with Crippen LogP contribution in [0.1, 0.15) is 28.8 Å². The summed E-state index contributed by atoms with van der Waals surface area (Å²) in [5, 5.41) is 1.08. The molecule has 0 spiro atoms. The molecule has 4 rings (SSSR count). The minimum atomic E-state index is -0.0329. The van der Waals surface area contributed by atoms with E-state index in [0.29, 0.717) is 37.5 Å². The molecule has 3 aromatic rings. The van der Waals surface area contributed by atoms with Gasteiger partial charge >= 0.3 is 0 Å². The Morgan fingerprint density at radius 2 is 1.67 bits per heavy atom. The molecule has 1 fully saturated rings. The second-order valence-electron chi connectivity index (χ2n) is 8.17. The van der Waals surface area contributed by atoms with E-state index in [-0.39, 0.29) is 24.5 Å². The van der Waals surface area contributed by atoms with Gasteiger partial charge in [0.1, 0.15) is 22.8 Å². The molecule has 0 bridgehead atoms. The molecule has 0 saturated carbocycles. The first kappa shape index (κ1) is 22.6. The van der Waals surface area contributed by atoms with Gasteiger partial charge in [0.15, 0.2) is 5.78 Å². The lowest BCUT2D eigenvalue weighted by atomic mass is 10.1. The SMILES string of the molecule is COc1ccc(C(=O)CCC(=O)N2CCN(c3cc(C)c4cccc(OC)c4n3)CC2)cc1. The third kappa shape index (κ3) is 4.92. The molecule has 33 heavy (non-hydrogen) atoms. The molecule has 0 aliphatic carbocycles. The van der Waals surface area contributed by atoms with Crippen LogP contribution in [-0.2, 0) is 4.79 Å². The number of aromatic nitrogens is 1. The molecule has 1 amide bonds. The predicted molar refractivity (Wildman–Crippen MR) is 128 cm³/mol. The highest BCUT2D eigenvalue weighted by Crippen LogP contribution is 2.29. The number of piperazine rings is 1. The van der Waals surface area contributed by atoms with Crippen molar-refractivity contribution >= 4 is 28.4 Å². The van der Waals surface area contributed by atoms with E-state index in [1.165, 1.54) is 0 Å². The number of pyridine rings is 1. The summed E-state index contributed by atoms with van der Waals surface area (Å²) in [6.45, 7) is 4.70. The van der Waals surface area contributed by atoms with Crippen molar-refractivity contribution in [3.8, 4) is 11.5 Å². The number of carbonyl (C=O) groups excluding carboxylic acids is 2. The molecule has 1 aliphatic rings. The number of amides is 1. The lowest BCUT2D eigenvalue weighted by molar-refractivity contribution is -0.131. The number of carbonyl (C=O) groups is 2. The Labute approximate surface area is 193 Å². The van der Waals surface area contributed by atoms with Crippen molar-refractivity contribution in [3.63, 3.8) is 0 Å². The highest BCUT2D eigenvalue weighted by Gasteiger charge is 2.23. The van der Waals surface area contributed by atoms with E-state index in [0.717, 1.165) is 28.0 Å². The number of hydrogen-bond donors (Lipinski definition) is 0. The fraction of sp³-hybridized carbons (Fsp3) is 0.346. The lowest BCUT2D eigenvalue weighted by Crippen LogP contribution is -2.49. The summed E-state index contributed by atoms with van der Waals surface area (Å²) in [6, 6.07) is 15.0. The summed E-state index contributed by atoms with van der Waals surface area (Å²) in [7, 11) is 3.24. The van der Waals surface area contributed by atoms with E-state index in [9.17, 15) is 9.59 Å². The minimum Gasteiger partial charge on any atom is -0.497 e. The van der Waals surface area contributed by atoms with Crippen LogP contribution in [-0.4, -0.2) is 62.0 Å². The largest absolute Gasteiger partial charge is 0.497 e. The van der Waals surface area contributed by atoms with Crippen LogP contribution in [0.5, 0.6) is 11.5 Å². The maximum atomic E-state index is 12.7. The quantitative estimate of drug-likeness (QED) is 0.512. The molecule has 2 heterocycles. The zero-order valence-electron chi connectivity index (χ0n) is 19.3. The number of anilines is 1. The summed E-state index contributed by atoms with van der Waals surface area (Å²) >= 11 is 0. The standard InChI is InChI=1S/C26H29N3O4/c1-18-17-24(27-26-21(18)5-4-6-23(26)33-3)28-13-15-29(16-14-28)25(31)12-11-22(30)19-7-9-20(32-2)10-8-19/h4-10,17H,11-16H2,1-3H3. The second-order valence-corrected chi connectivity index (χ2v) is 8.17. The van der Waals surface area contributed by atoms with Crippen molar-refractivity contribution in [3.05, 3.63) is 59.7 Å². The fourth-order valence-corrected chi connectivity index (χ4v) is 4.19. The number of rotatable bonds is 7. The number of Topliss-reactive ketones (excluding diaryl/α,β-unsaturated/α-hetero) is 1. The number of nitrogens with zero attached hydrogens (tertiary/aromatic N) is 3. The molecular weight excluding hydrogens is 418 g/mol. The number of fused-ring (bicyclic) bond motifs is 1. The third-order valence-electron chi connectivity index (χ3n) is 6.15. The summed E-state index contributed by atoms with van der Waals surface area (Å²) < 4.78 is 10.6. The van der Waals surface area contributed by atoms with Crippen molar-refractivity contribution in [2.24, 2.45) is 0 Å². The molecule has 1 aromatic heterocycles. The Bertz CT molecular complexity index is 1150. The molecule has 1 aliphatic heterocycles. The zero-order chi connectivity index (χ0) is 23.4. The number of hydrogen-bond acceptors (Lipinski definition) is 6. The summed E-state index contributed by atoms with van der Waals surface area (Å²) in [6.07, 6.45) is 0.423. The minimum absolute atomic E-state index is 0.0147. The van der Waals surface area contributed by atoms with Crippen LogP contribution in [0.4, 0.5) is 5.82 Å². The summed E-state index contributed by atoms with van der Waals surface area (Å²) in [5.74, 6) is 2.34. The Balaban J connectivity index is 1.34. The lowest BCUT2D eigenvalue weighted by Gasteiger charge is -2.35. The van der Waals surface area contributed by atoms with E-state index >= 15 is 0 Å².